The zero-order valence-electron chi connectivity index (χ0n) is 12.1. The van der Waals surface area contributed by atoms with Crippen molar-refractivity contribution in [3.63, 3.8) is 0 Å². The Morgan fingerprint density at radius 1 is 1.24 bits per heavy atom. The smallest absolute Gasteiger partial charge is 0.241 e. The van der Waals surface area contributed by atoms with Crippen molar-refractivity contribution in [3.8, 4) is 11.8 Å². The molecule has 1 aliphatic carbocycles. The maximum Gasteiger partial charge on any atom is 0.241 e. The SMILES string of the molecule is COc1ccc(S(=O)(=O)NC(C#N)C2CCCCC2)cc1. The molecule has 5 nitrogen and oxygen atoms in total. The Morgan fingerprint density at radius 2 is 1.86 bits per heavy atom. The van der Waals surface area contributed by atoms with Gasteiger partial charge in [-0.3, -0.25) is 0 Å². The molecule has 1 aromatic carbocycles. The van der Waals surface area contributed by atoms with Crippen LogP contribution < -0.4 is 9.46 Å². The third-order valence-electron chi connectivity index (χ3n) is 3.91. The topological polar surface area (TPSA) is 79.2 Å². The van der Waals surface area contributed by atoms with Gasteiger partial charge in [0.15, 0.2) is 0 Å². The van der Waals surface area contributed by atoms with Crippen LogP contribution in [0.5, 0.6) is 5.75 Å². The van der Waals surface area contributed by atoms with Crippen LogP contribution in [0.25, 0.3) is 0 Å². The van der Waals surface area contributed by atoms with Gasteiger partial charge in [0.25, 0.3) is 0 Å². The highest BCUT2D eigenvalue weighted by Gasteiger charge is 2.28. The third kappa shape index (κ3) is 3.96. The molecule has 0 saturated heterocycles. The Bertz CT molecular complexity index is 599. The predicted octanol–water partition coefficient (Wildman–Crippen LogP) is 2.45. The zero-order valence-corrected chi connectivity index (χ0v) is 12.9. The molecule has 1 aromatic rings. The van der Waals surface area contributed by atoms with Gasteiger partial charge in [0.1, 0.15) is 11.8 Å². The van der Waals surface area contributed by atoms with Crippen LogP contribution in [0.2, 0.25) is 0 Å². The number of methoxy groups -OCH3 is 1. The van der Waals surface area contributed by atoms with Crippen LogP contribution in [0.15, 0.2) is 29.2 Å². The van der Waals surface area contributed by atoms with Crippen molar-refractivity contribution in [2.75, 3.05) is 7.11 Å². The highest BCUT2D eigenvalue weighted by molar-refractivity contribution is 7.89. The summed E-state index contributed by atoms with van der Waals surface area (Å²) in [6.07, 6.45) is 5.10. The van der Waals surface area contributed by atoms with E-state index in [2.05, 4.69) is 10.8 Å². The van der Waals surface area contributed by atoms with Crippen LogP contribution in [0.1, 0.15) is 32.1 Å². The molecule has 0 bridgehead atoms. The summed E-state index contributed by atoms with van der Waals surface area (Å²) >= 11 is 0. The van der Waals surface area contributed by atoms with Gasteiger partial charge in [-0.2, -0.15) is 9.98 Å². The van der Waals surface area contributed by atoms with Gasteiger partial charge in [-0.05, 0) is 43.0 Å². The van der Waals surface area contributed by atoms with E-state index in [0.717, 1.165) is 25.7 Å². The monoisotopic (exact) mass is 308 g/mol. The van der Waals surface area contributed by atoms with E-state index in [9.17, 15) is 13.7 Å². The van der Waals surface area contributed by atoms with Crippen molar-refractivity contribution in [2.24, 2.45) is 5.92 Å². The van der Waals surface area contributed by atoms with Gasteiger partial charge in [0, 0.05) is 0 Å². The number of nitrogens with one attached hydrogen (secondary N) is 1. The highest BCUT2D eigenvalue weighted by atomic mass is 32.2. The number of nitrogens with zero attached hydrogens (tertiary/aromatic N) is 1. The molecule has 0 aromatic heterocycles. The predicted molar refractivity (Wildman–Crippen MR) is 79.3 cm³/mol. The minimum atomic E-state index is -3.67. The lowest BCUT2D eigenvalue weighted by molar-refractivity contribution is 0.324. The average molecular weight is 308 g/mol. The van der Waals surface area contributed by atoms with Crippen molar-refractivity contribution < 1.29 is 13.2 Å². The minimum Gasteiger partial charge on any atom is -0.497 e. The van der Waals surface area contributed by atoms with Crippen molar-refractivity contribution in [1.29, 1.82) is 5.26 Å². The van der Waals surface area contributed by atoms with Crippen LogP contribution in [0.4, 0.5) is 0 Å². The lowest BCUT2D eigenvalue weighted by atomic mass is 9.85. The molecule has 1 aliphatic rings. The lowest BCUT2D eigenvalue weighted by Crippen LogP contribution is -2.40. The van der Waals surface area contributed by atoms with Crippen LogP contribution >= 0.6 is 0 Å². The standard InChI is InChI=1S/C15H20N2O3S/c1-20-13-7-9-14(10-8-13)21(18,19)17-15(11-16)12-5-3-2-4-6-12/h7-10,12,15,17H,2-6H2,1H3. The second kappa shape index (κ2) is 6.92. The normalized spacial score (nSPS) is 17.9. The van der Waals surface area contributed by atoms with E-state index in [1.807, 2.05) is 0 Å². The van der Waals surface area contributed by atoms with Crippen molar-refractivity contribution in [3.05, 3.63) is 24.3 Å². The number of hydrogen-bond acceptors (Lipinski definition) is 4. The van der Waals surface area contributed by atoms with Gasteiger partial charge in [-0.15, -0.1) is 0 Å². The summed E-state index contributed by atoms with van der Waals surface area (Å²) < 4.78 is 32.2. The summed E-state index contributed by atoms with van der Waals surface area (Å²) in [4.78, 5) is 0.152. The average Bonchev–Trinajstić information content (AvgIpc) is 2.53. The molecular formula is C15H20N2O3S. The molecule has 1 atom stereocenters. The van der Waals surface area contributed by atoms with E-state index < -0.39 is 16.1 Å². The molecule has 0 heterocycles. The molecule has 114 valence electrons. The molecule has 0 amide bonds. The molecule has 0 aliphatic heterocycles. The highest BCUT2D eigenvalue weighted by Crippen LogP contribution is 2.27. The van der Waals surface area contributed by atoms with Crippen LogP contribution in [0, 0.1) is 17.2 Å². The largest absolute Gasteiger partial charge is 0.497 e. The Morgan fingerprint density at radius 3 is 2.38 bits per heavy atom. The quantitative estimate of drug-likeness (QED) is 0.906. The molecule has 1 saturated carbocycles. The Labute approximate surface area is 126 Å². The molecule has 0 radical (unpaired) electrons. The van der Waals surface area contributed by atoms with Gasteiger partial charge < -0.3 is 4.74 Å². The molecule has 1 fully saturated rings. The Kier molecular flexibility index (Phi) is 5.21. The van der Waals surface area contributed by atoms with Gasteiger partial charge in [-0.1, -0.05) is 19.3 Å². The van der Waals surface area contributed by atoms with Crippen molar-refractivity contribution in [2.45, 2.75) is 43.0 Å². The molecule has 1 unspecified atom stereocenters. The number of nitriles is 1. The number of benzene rings is 1. The molecule has 0 spiro atoms. The van der Waals surface area contributed by atoms with Crippen molar-refractivity contribution >= 4 is 10.0 Å². The molecule has 21 heavy (non-hydrogen) atoms. The van der Waals surface area contributed by atoms with E-state index in [1.54, 1.807) is 12.1 Å². The summed E-state index contributed by atoms with van der Waals surface area (Å²) in [6, 6.07) is 7.60. The fourth-order valence-corrected chi connectivity index (χ4v) is 3.90. The summed E-state index contributed by atoms with van der Waals surface area (Å²) in [5.74, 6) is 0.704. The lowest BCUT2D eigenvalue weighted by Gasteiger charge is -2.26. The molecular weight excluding hydrogens is 288 g/mol. The van der Waals surface area contributed by atoms with Crippen molar-refractivity contribution in [1.82, 2.24) is 4.72 Å². The first-order valence-electron chi connectivity index (χ1n) is 7.13. The van der Waals surface area contributed by atoms with Gasteiger partial charge in [-0.25, -0.2) is 8.42 Å². The number of sulfonamides is 1. The summed E-state index contributed by atoms with van der Waals surface area (Å²) in [5.41, 5.74) is 0. The van der Waals surface area contributed by atoms with E-state index in [-0.39, 0.29) is 10.8 Å². The number of hydrogen-bond donors (Lipinski definition) is 1. The third-order valence-corrected chi connectivity index (χ3v) is 5.37. The van der Waals surface area contributed by atoms with Gasteiger partial charge in [0.05, 0.1) is 18.1 Å². The fourth-order valence-electron chi connectivity index (χ4n) is 2.69. The molecule has 6 heteroatoms. The second-order valence-electron chi connectivity index (χ2n) is 5.30. The maximum atomic E-state index is 12.3. The first-order chi connectivity index (χ1) is 10.1. The number of rotatable bonds is 5. The Hall–Kier alpha value is -1.58. The fraction of sp³-hybridized carbons (Fsp3) is 0.533. The van der Waals surface area contributed by atoms with E-state index >= 15 is 0 Å². The zero-order chi connectivity index (χ0) is 15.3. The van der Waals surface area contributed by atoms with Crippen LogP contribution in [-0.4, -0.2) is 21.6 Å². The van der Waals surface area contributed by atoms with E-state index in [1.165, 1.54) is 25.7 Å². The number of ether oxygens (including phenoxy) is 1. The van der Waals surface area contributed by atoms with Gasteiger partial charge >= 0.3 is 0 Å². The first kappa shape index (κ1) is 15.8. The summed E-state index contributed by atoms with van der Waals surface area (Å²) in [6.45, 7) is 0. The summed E-state index contributed by atoms with van der Waals surface area (Å²) in [7, 11) is -2.15. The minimum absolute atomic E-state index is 0.108. The molecule has 1 N–H and O–H groups in total. The van der Waals surface area contributed by atoms with Gasteiger partial charge in [0.2, 0.25) is 10.0 Å². The first-order valence-corrected chi connectivity index (χ1v) is 8.61. The van der Waals surface area contributed by atoms with Crippen LogP contribution in [-0.2, 0) is 10.0 Å². The van der Waals surface area contributed by atoms with E-state index in [4.69, 9.17) is 4.74 Å². The molecule has 2 rings (SSSR count). The Balaban J connectivity index is 2.12. The van der Waals surface area contributed by atoms with E-state index in [0.29, 0.717) is 5.75 Å². The summed E-state index contributed by atoms with van der Waals surface area (Å²) in [5, 5.41) is 9.27. The van der Waals surface area contributed by atoms with Crippen LogP contribution in [0.3, 0.4) is 0 Å². The second-order valence-corrected chi connectivity index (χ2v) is 7.02. The maximum absolute atomic E-state index is 12.3.